The van der Waals surface area contributed by atoms with Gasteiger partial charge in [-0.15, -0.1) is 0 Å². The highest BCUT2D eigenvalue weighted by Crippen LogP contribution is 2.20. The molecule has 1 heterocycles. The van der Waals surface area contributed by atoms with Gasteiger partial charge in [0.2, 0.25) is 5.91 Å². The molecule has 19 heavy (non-hydrogen) atoms. The van der Waals surface area contributed by atoms with Crippen molar-refractivity contribution < 1.29 is 4.79 Å². The first-order chi connectivity index (χ1) is 9.19. The van der Waals surface area contributed by atoms with Gasteiger partial charge in [0.1, 0.15) is 0 Å². The third kappa shape index (κ3) is 5.11. The molecule has 0 aromatic carbocycles. The largest absolute Gasteiger partial charge is 0.353 e. The Kier molecular flexibility index (Phi) is 5.64. The monoisotopic (exact) mass is 267 g/mol. The molecule has 4 nitrogen and oxygen atoms in total. The molecule has 0 aromatic heterocycles. The average molecular weight is 267 g/mol. The Morgan fingerprint density at radius 2 is 2.16 bits per heavy atom. The maximum atomic E-state index is 11.6. The molecule has 4 heteroatoms. The van der Waals surface area contributed by atoms with Gasteiger partial charge in [-0.25, -0.2) is 0 Å². The van der Waals surface area contributed by atoms with Crippen LogP contribution in [0.4, 0.5) is 0 Å². The molecule has 2 unspecified atom stereocenters. The summed E-state index contributed by atoms with van der Waals surface area (Å²) >= 11 is 0. The summed E-state index contributed by atoms with van der Waals surface area (Å²) in [7, 11) is 0. The fourth-order valence-corrected chi connectivity index (χ4v) is 2.89. The van der Waals surface area contributed by atoms with Gasteiger partial charge in [0.25, 0.3) is 0 Å². The molecule has 2 fully saturated rings. The molecule has 2 N–H and O–H groups in total. The van der Waals surface area contributed by atoms with Crippen molar-refractivity contribution in [1.82, 2.24) is 15.5 Å². The highest BCUT2D eigenvalue weighted by atomic mass is 16.1. The summed E-state index contributed by atoms with van der Waals surface area (Å²) in [5, 5.41) is 6.57. The van der Waals surface area contributed by atoms with E-state index in [0.29, 0.717) is 18.5 Å². The van der Waals surface area contributed by atoms with Crippen molar-refractivity contribution in [2.24, 2.45) is 5.92 Å². The lowest BCUT2D eigenvalue weighted by Gasteiger charge is -2.35. The number of amides is 1. The van der Waals surface area contributed by atoms with Crippen LogP contribution in [0, 0.1) is 5.92 Å². The first-order valence-electron chi connectivity index (χ1n) is 7.94. The second-order valence-corrected chi connectivity index (χ2v) is 6.13. The lowest BCUT2D eigenvalue weighted by molar-refractivity contribution is -0.121. The number of nitrogens with zero attached hydrogens (tertiary/aromatic N) is 1. The predicted molar refractivity (Wildman–Crippen MR) is 78.1 cm³/mol. The second kappa shape index (κ2) is 7.25. The van der Waals surface area contributed by atoms with Gasteiger partial charge in [0.05, 0.1) is 0 Å². The van der Waals surface area contributed by atoms with E-state index in [9.17, 15) is 4.79 Å². The minimum absolute atomic E-state index is 0.209. The van der Waals surface area contributed by atoms with Crippen LogP contribution in [0.25, 0.3) is 0 Å². The number of carbonyl (C=O) groups is 1. The van der Waals surface area contributed by atoms with Crippen LogP contribution in [0.1, 0.15) is 46.0 Å². The summed E-state index contributed by atoms with van der Waals surface area (Å²) in [6.45, 7) is 8.93. The van der Waals surface area contributed by atoms with E-state index in [1.807, 2.05) is 0 Å². The average Bonchev–Trinajstić information content (AvgIpc) is 3.22. The number of hydrogen-bond acceptors (Lipinski definition) is 3. The van der Waals surface area contributed by atoms with Crippen LogP contribution in [0.2, 0.25) is 0 Å². The quantitative estimate of drug-likeness (QED) is 0.732. The molecule has 110 valence electrons. The van der Waals surface area contributed by atoms with E-state index in [2.05, 4.69) is 29.4 Å². The molecule has 0 radical (unpaired) electrons. The number of carbonyl (C=O) groups excluding carboxylic acids is 1. The van der Waals surface area contributed by atoms with E-state index in [1.54, 1.807) is 0 Å². The van der Waals surface area contributed by atoms with Gasteiger partial charge in [0, 0.05) is 31.6 Å². The predicted octanol–water partition coefficient (Wildman–Crippen LogP) is 1.37. The number of rotatable bonds is 7. The Balaban J connectivity index is 1.60. The molecule has 1 amide bonds. The number of likely N-dealkylation sites (tertiary alicyclic amines) is 1. The van der Waals surface area contributed by atoms with Crippen molar-refractivity contribution in [2.45, 2.75) is 58.0 Å². The highest BCUT2D eigenvalue weighted by Gasteiger charge is 2.24. The maximum Gasteiger partial charge on any atom is 0.221 e. The minimum Gasteiger partial charge on any atom is -0.353 e. The van der Waals surface area contributed by atoms with Crippen molar-refractivity contribution in [3.05, 3.63) is 0 Å². The first-order valence-corrected chi connectivity index (χ1v) is 7.94. The number of nitrogens with one attached hydrogen (secondary N) is 2. The van der Waals surface area contributed by atoms with Gasteiger partial charge in [-0.05, 0) is 51.6 Å². The standard InChI is InChI=1S/C15H29N3O/c1-3-18-10-4-5-13(11-18)12(2)16-9-8-15(19)17-14-6-7-14/h12-14,16H,3-11H2,1-2H3,(H,17,19). The van der Waals surface area contributed by atoms with E-state index < -0.39 is 0 Å². The van der Waals surface area contributed by atoms with Crippen LogP contribution in [-0.4, -0.2) is 49.1 Å². The van der Waals surface area contributed by atoms with Gasteiger partial charge < -0.3 is 15.5 Å². The fraction of sp³-hybridized carbons (Fsp3) is 0.933. The Bertz CT molecular complexity index is 291. The lowest BCUT2D eigenvalue weighted by Crippen LogP contribution is -2.45. The zero-order valence-corrected chi connectivity index (χ0v) is 12.5. The molecule has 0 spiro atoms. The molecule has 2 aliphatic rings. The Morgan fingerprint density at radius 1 is 1.37 bits per heavy atom. The van der Waals surface area contributed by atoms with Crippen LogP contribution in [0.15, 0.2) is 0 Å². The normalized spacial score (nSPS) is 26.1. The van der Waals surface area contributed by atoms with Crippen LogP contribution in [0.5, 0.6) is 0 Å². The summed E-state index contributed by atoms with van der Waals surface area (Å²) in [6, 6.07) is 1.00. The smallest absolute Gasteiger partial charge is 0.221 e. The second-order valence-electron chi connectivity index (χ2n) is 6.13. The first kappa shape index (κ1) is 14.8. The van der Waals surface area contributed by atoms with E-state index in [-0.39, 0.29) is 5.91 Å². The van der Waals surface area contributed by atoms with Gasteiger partial charge >= 0.3 is 0 Å². The number of piperidine rings is 1. The molecule has 2 rings (SSSR count). The molecule has 1 saturated heterocycles. The van der Waals surface area contributed by atoms with Gasteiger partial charge in [-0.3, -0.25) is 4.79 Å². The van der Waals surface area contributed by atoms with Gasteiger partial charge in [0.15, 0.2) is 0 Å². The summed E-state index contributed by atoms with van der Waals surface area (Å²) in [5.41, 5.74) is 0. The summed E-state index contributed by atoms with van der Waals surface area (Å²) in [4.78, 5) is 14.1. The van der Waals surface area contributed by atoms with E-state index in [4.69, 9.17) is 0 Å². The van der Waals surface area contributed by atoms with Crippen molar-refractivity contribution in [3.63, 3.8) is 0 Å². The molecule has 0 bridgehead atoms. The van der Waals surface area contributed by atoms with E-state index >= 15 is 0 Å². The summed E-state index contributed by atoms with van der Waals surface area (Å²) in [6.07, 6.45) is 5.59. The summed E-state index contributed by atoms with van der Waals surface area (Å²) < 4.78 is 0. The SMILES string of the molecule is CCN1CCCC(C(C)NCCC(=O)NC2CC2)C1. The molecule has 2 atom stereocenters. The van der Waals surface area contributed by atoms with E-state index in [0.717, 1.165) is 19.0 Å². The van der Waals surface area contributed by atoms with Gasteiger partial charge in [-0.2, -0.15) is 0 Å². The Hall–Kier alpha value is -0.610. The van der Waals surface area contributed by atoms with Gasteiger partial charge in [-0.1, -0.05) is 6.92 Å². The fourth-order valence-electron chi connectivity index (χ4n) is 2.89. The van der Waals surface area contributed by atoms with Crippen molar-refractivity contribution in [2.75, 3.05) is 26.2 Å². The van der Waals surface area contributed by atoms with Crippen molar-refractivity contribution in [1.29, 1.82) is 0 Å². The molecule has 0 aromatic rings. The number of hydrogen-bond donors (Lipinski definition) is 2. The summed E-state index contributed by atoms with van der Waals surface area (Å²) in [5.74, 6) is 0.946. The molecular weight excluding hydrogens is 238 g/mol. The Morgan fingerprint density at radius 3 is 2.84 bits per heavy atom. The van der Waals surface area contributed by atoms with E-state index in [1.165, 1.54) is 38.8 Å². The van der Waals surface area contributed by atoms with Crippen molar-refractivity contribution in [3.8, 4) is 0 Å². The molecule has 1 saturated carbocycles. The third-order valence-corrected chi connectivity index (χ3v) is 4.46. The topological polar surface area (TPSA) is 44.4 Å². The molecular formula is C15H29N3O. The minimum atomic E-state index is 0.209. The lowest BCUT2D eigenvalue weighted by atomic mass is 9.91. The zero-order chi connectivity index (χ0) is 13.7. The molecule has 1 aliphatic heterocycles. The third-order valence-electron chi connectivity index (χ3n) is 4.46. The highest BCUT2D eigenvalue weighted by molar-refractivity contribution is 5.76. The van der Waals surface area contributed by atoms with Crippen LogP contribution in [-0.2, 0) is 4.79 Å². The van der Waals surface area contributed by atoms with Crippen molar-refractivity contribution >= 4 is 5.91 Å². The van der Waals surface area contributed by atoms with Crippen LogP contribution in [0.3, 0.4) is 0 Å². The van der Waals surface area contributed by atoms with Crippen LogP contribution < -0.4 is 10.6 Å². The van der Waals surface area contributed by atoms with Crippen LogP contribution >= 0.6 is 0 Å². The Labute approximate surface area is 117 Å². The molecule has 1 aliphatic carbocycles. The maximum absolute atomic E-state index is 11.6. The zero-order valence-electron chi connectivity index (χ0n) is 12.5.